The average Bonchev–Trinajstić information content (AvgIpc) is 2.17. The number of hydrogen-bond donors (Lipinski definition) is 2. The minimum absolute atomic E-state index is 0.119. The first-order valence-electron chi connectivity index (χ1n) is 4.09. The third kappa shape index (κ3) is 0.663. The summed E-state index contributed by atoms with van der Waals surface area (Å²) in [7, 11) is 0. The Morgan fingerprint density at radius 2 is 2.10 bits per heavy atom. The molecule has 0 aromatic rings. The standard InChI is InChI=1S/C8H16N2/c1-7-2-3-8(10,5-7)4-6(7)9/h6H,2-5,9-10H2,1H3. The second-order valence-corrected chi connectivity index (χ2v) is 4.50. The van der Waals surface area contributed by atoms with Gasteiger partial charge in [-0.2, -0.15) is 0 Å². The predicted octanol–water partition coefficient (Wildman–Crippen LogP) is 0.605. The molecule has 2 saturated carbocycles. The highest BCUT2D eigenvalue weighted by Crippen LogP contribution is 2.53. The van der Waals surface area contributed by atoms with Gasteiger partial charge >= 0.3 is 0 Å². The number of rotatable bonds is 0. The van der Waals surface area contributed by atoms with E-state index < -0.39 is 0 Å². The molecule has 10 heavy (non-hydrogen) atoms. The molecule has 0 amide bonds. The van der Waals surface area contributed by atoms with E-state index in [1.54, 1.807) is 0 Å². The van der Waals surface area contributed by atoms with Gasteiger partial charge in [0.15, 0.2) is 0 Å². The van der Waals surface area contributed by atoms with E-state index in [2.05, 4.69) is 6.92 Å². The molecule has 2 aliphatic rings. The highest BCUT2D eigenvalue weighted by molar-refractivity contribution is 5.12. The summed E-state index contributed by atoms with van der Waals surface area (Å²) in [5.74, 6) is 0. The quantitative estimate of drug-likeness (QED) is 0.518. The maximum atomic E-state index is 6.10. The van der Waals surface area contributed by atoms with E-state index in [9.17, 15) is 0 Å². The van der Waals surface area contributed by atoms with Crippen LogP contribution in [0.25, 0.3) is 0 Å². The molecule has 2 bridgehead atoms. The van der Waals surface area contributed by atoms with E-state index in [0.717, 1.165) is 12.8 Å². The van der Waals surface area contributed by atoms with Gasteiger partial charge in [-0.05, 0) is 31.1 Å². The highest BCUT2D eigenvalue weighted by Gasteiger charge is 2.54. The molecule has 3 atom stereocenters. The molecule has 0 aromatic heterocycles. The van der Waals surface area contributed by atoms with Crippen LogP contribution in [0, 0.1) is 5.41 Å². The van der Waals surface area contributed by atoms with Crippen molar-refractivity contribution < 1.29 is 0 Å². The second kappa shape index (κ2) is 1.56. The molecule has 2 heteroatoms. The maximum absolute atomic E-state index is 6.10. The molecule has 4 N–H and O–H groups in total. The molecule has 0 aliphatic heterocycles. The fourth-order valence-corrected chi connectivity index (χ4v) is 2.69. The van der Waals surface area contributed by atoms with Gasteiger partial charge in [0.25, 0.3) is 0 Å². The van der Waals surface area contributed by atoms with Crippen molar-refractivity contribution in [3.05, 3.63) is 0 Å². The third-order valence-electron chi connectivity index (χ3n) is 3.47. The van der Waals surface area contributed by atoms with E-state index in [-0.39, 0.29) is 5.54 Å². The Morgan fingerprint density at radius 1 is 1.40 bits per heavy atom. The Morgan fingerprint density at radius 3 is 2.30 bits per heavy atom. The van der Waals surface area contributed by atoms with Crippen molar-refractivity contribution in [1.29, 1.82) is 0 Å². The van der Waals surface area contributed by atoms with Crippen molar-refractivity contribution >= 4 is 0 Å². The van der Waals surface area contributed by atoms with Crippen molar-refractivity contribution in [2.75, 3.05) is 0 Å². The van der Waals surface area contributed by atoms with Crippen LogP contribution in [-0.2, 0) is 0 Å². The summed E-state index contributed by atoms with van der Waals surface area (Å²) in [5, 5.41) is 0. The lowest BCUT2D eigenvalue weighted by atomic mass is 9.82. The molecule has 2 rings (SSSR count). The molecule has 0 spiro atoms. The van der Waals surface area contributed by atoms with Crippen LogP contribution in [0.2, 0.25) is 0 Å². The molecule has 3 unspecified atom stereocenters. The molecule has 58 valence electrons. The van der Waals surface area contributed by atoms with Crippen molar-refractivity contribution in [3.8, 4) is 0 Å². The summed E-state index contributed by atoms with van der Waals surface area (Å²) >= 11 is 0. The third-order valence-corrected chi connectivity index (χ3v) is 3.47. The van der Waals surface area contributed by atoms with Gasteiger partial charge in [-0.15, -0.1) is 0 Å². The maximum Gasteiger partial charge on any atom is 0.0175 e. The average molecular weight is 140 g/mol. The first kappa shape index (κ1) is 6.62. The normalized spacial score (nSPS) is 59.7. The van der Waals surface area contributed by atoms with Crippen LogP contribution in [0.5, 0.6) is 0 Å². The first-order chi connectivity index (χ1) is 4.54. The highest BCUT2D eigenvalue weighted by atomic mass is 14.9. The Labute approximate surface area is 62.0 Å². The fourth-order valence-electron chi connectivity index (χ4n) is 2.69. The van der Waals surface area contributed by atoms with Crippen LogP contribution >= 0.6 is 0 Å². The topological polar surface area (TPSA) is 52.0 Å². The first-order valence-corrected chi connectivity index (χ1v) is 4.09. The molecule has 0 radical (unpaired) electrons. The molecule has 0 heterocycles. The zero-order valence-electron chi connectivity index (χ0n) is 6.56. The van der Waals surface area contributed by atoms with E-state index in [0.29, 0.717) is 11.5 Å². The fraction of sp³-hybridized carbons (Fsp3) is 1.00. The molecule has 2 fully saturated rings. The smallest absolute Gasteiger partial charge is 0.0175 e. The van der Waals surface area contributed by atoms with Gasteiger partial charge in [0, 0.05) is 11.6 Å². The summed E-state index contributed by atoms with van der Waals surface area (Å²) in [6.45, 7) is 2.28. The van der Waals surface area contributed by atoms with Gasteiger partial charge in [0.2, 0.25) is 0 Å². The Kier molecular flexibility index (Phi) is 1.03. The van der Waals surface area contributed by atoms with Gasteiger partial charge in [-0.3, -0.25) is 0 Å². The Bertz CT molecular complexity index is 169. The number of hydrogen-bond acceptors (Lipinski definition) is 2. The minimum atomic E-state index is 0.119. The SMILES string of the molecule is CC12CCC(N)(CC1N)C2. The van der Waals surface area contributed by atoms with Crippen molar-refractivity contribution in [1.82, 2.24) is 0 Å². The van der Waals surface area contributed by atoms with Crippen LogP contribution in [0.1, 0.15) is 32.6 Å². The van der Waals surface area contributed by atoms with Crippen LogP contribution < -0.4 is 11.5 Å². The zero-order valence-corrected chi connectivity index (χ0v) is 6.56. The van der Waals surface area contributed by atoms with Crippen molar-refractivity contribution in [2.24, 2.45) is 16.9 Å². The molecule has 0 saturated heterocycles. The molecule has 2 nitrogen and oxygen atoms in total. The van der Waals surface area contributed by atoms with E-state index in [1.807, 2.05) is 0 Å². The predicted molar refractivity (Wildman–Crippen MR) is 41.5 cm³/mol. The molecule has 2 aliphatic carbocycles. The zero-order chi connectivity index (χ0) is 7.41. The van der Waals surface area contributed by atoms with Crippen LogP contribution in [-0.4, -0.2) is 11.6 Å². The molecular formula is C8H16N2. The van der Waals surface area contributed by atoms with E-state index in [4.69, 9.17) is 11.5 Å². The number of fused-ring (bicyclic) bond motifs is 2. The van der Waals surface area contributed by atoms with Gasteiger partial charge < -0.3 is 11.5 Å². The molecule has 0 aromatic carbocycles. The Balaban J connectivity index is 2.28. The van der Waals surface area contributed by atoms with Gasteiger partial charge in [0.1, 0.15) is 0 Å². The van der Waals surface area contributed by atoms with E-state index in [1.165, 1.54) is 12.8 Å². The summed E-state index contributed by atoms with van der Waals surface area (Å²) in [5.41, 5.74) is 12.6. The van der Waals surface area contributed by atoms with Crippen molar-refractivity contribution in [3.63, 3.8) is 0 Å². The van der Waals surface area contributed by atoms with Gasteiger partial charge in [-0.25, -0.2) is 0 Å². The lowest BCUT2D eigenvalue weighted by Gasteiger charge is -2.29. The lowest BCUT2D eigenvalue weighted by molar-refractivity contribution is 0.278. The summed E-state index contributed by atoms with van der Waals surface area (Å²) in [4.78, 5) is 0. The monoisotopic (exact) mass is 140 g/mol. The van der Waals surface area contributed by atoms with Crippen LogP contribution in [0.15, 0.2) is 0 Å². The van der Waals surface area contributed by atoms with Gasteiger partial charge in [0.05, 0.1) is 0 Å². The largest absolute Gasteiger partial charge is 0.327 e. The minimum Gasteiger partial charge on any atom is -0.327 e. The molecular weight excluding hydrogens is 124 g/mol. The Hall–Kier alpha value is -0.0800. The lowest BCUT2D eigenvalue weighted by Crippen LogP contribution is -2.41. The number of nitrogens with two attached hydrogens (primary N) is 2. The second-order valence-electron chi connectivity index (χ2n) is 4.50. The summed E-state index contributed by atoms with van der Waals surface area (Å²) < 4.78 is 0. The van der Waals surface area contributed by atoms with Crippen LogP contribution in [0.3, 0.4) is 0 Å². The van der Waals surface area contributed by atoms with Crippen molar-refractivity contribution in [2.45, 2.75) is 44.2 Å². The van der Waals surface area contributed by atoms with E-state index >= 15 is 0 Å². The summed E-state index contributed by atoms with van der Waals surface area (Å²) in [6, 6.07) is 0.367. The summed E-state index contributed by atoms with van der Waals surface area (Å²) in [6.07, 6.45) is 4.63. The van der Waals surface area contributed by atoms with Crippen LogP contribution in [0.4, 0.5) is 0 Å². The van der Waals surface area contributed by atoms with Gasteiger partial charge in [-0.1, -0.05) is 6.92 Å².